The van der Waals surface area contributed by atoms with Crippen LogP contribution in [0, 0.1) is 23.5 Å². The van der Waals surface area contributed by atoms with Crippen molar-refractivity contribution >= 4 is 11.6 Å². The molecule has 0 radical (unpaired) electrons. The Labute approximate surface area is 131 Å². The Balaban J connectivity index is 1.75. The summed E-state index contributed by atoms with van der Waals surface area (Å²) in [5.74, 6) is 3.90. The van der Waals surface area contributed by atoms with Crippen molar-refractivity contribution in [3.8, 4) is 11.8 Å². The molecule has 1 aromatic carbocycles. The lowest BCUT2D eigenvalue weighted by Crippen LogP contribution is -2.20. The molecule has 0 aliphatic carbocycles. The van der Waals surface area contributed by atoms with Crippen molar-refractivity contribution in [1.29, 1.82) is 0 Å². The summed E-state index contributed by atoms with van der Waals surface area (Å²) in [6, 6.07) is 2.43. The predicted molar refractivity (Wildman–Crippen MR) is 81.6 cm³/mol. The average molecular weight is 316 g/mol. The first-order chi connectivity index (χ1) is 11.1. The fourth-order valence-electron chi connectivity index (χ4n) is 2.12. The van der Waals surface area contributed by atoms with E-state index in [9.17, 15) is 8.78 Å². The van der Waals surface area contributed by atoms with E-state index in [0.717, 1.165) is 25.2 Å². The monoisotopic (exact) mass is 316 g/mol. The van der Waals surface area contributed by atoms with Gasteiger partial charge in [0.05, 0.1) is 29.5 Å². The van der Waals surface area contributed by atoms with Gasteiger partial charge in [-0.15, -0.1) is 0 Å². The van der Waals surface area contributed by atoms with Gasteiger partial charge in [-0.2, -0.15) is 0 Å². The zero-order valence-electron chi connectivity index (χ0n) is 12.1. The van der Waals surface area contributed by atoms with Gasteiger partial charge in [-0.25, -0.2) is 18.7 Å². The number of halogens is 2. The lowest BCUT2D eigenvalue weighted by molar-refractivity contribution is 0.195. The molecule has 5 nitrogen and oxygen atoms in total. The van der Waals surface area contributed by atoms with Crippen molar-refractivity contribution in [2.45, 2.75) is 12.5 Å². The van der Waals surface area contributed by atoms with Crippen LogP contribution in [0.4, 0.5) is 20.4 Å². The highest BCUT2D eigenvalue weighted by molar-refractivity contribution is 5.51. The molecule has 1 aliphatic rings. The van der Waals surface area contributed by atoms with Crippen LogP contribution in [0.25, 0.3) is 0 Å². The molecule has 1 saturated heterocycles. The van der Waals surface area contributed by atoms with E-state index in [0.29, 0.717) is 18.1 Å². The van der Waals surface area contributed by atoms with Crippen LogP contribution in [-0.2, 0) is 4.74 Å². The fraction of sp³-hybridized carbons (Fsp3) is 0.250. The summed E-state index contributed by atoms with van der Waals surface area (Å²) < 4.78 is 32.6. The minimum Gasteiger partial charge on any atom is -0.396 e. The number of nitrogens with two attached hydrogens (primary N) is 1. The minimum atomic E-state index is -0.863. The van der Waals surface area contributed by atoms with Gasteiger partial charge < -0.3 is 15.8 Å². The van der Waals surface area contributed by atoms with Gasteiger partial charge in [0.2, 0.25) is 5.95 Å². The molecule has 2 heterocycles. The Bertz CT molecular complexity index is 762. The van der Waals surface area contributed by atoms with Gasteiger partial charge >= 0.3 is 0 Å². The van der Waals surface area contributed by atoms with Gasteiger partial charge in [0, 0.05) is 19.0 Å². The van der Waals surface area contributed by atoms with Crippen LogP contribution in [-0.4, -0.2) is 29.2 Å². The Kier molecular flexibility index (Phi) is 4.35. The molecule has 1 fully saturated rings. The zero-order chi connectivity index (χ0) is 16.2. The molecule has 2 aromatic rings. The third-order valence-electron chi connectivity index (χ3n) is 3.37. The molecule has 1 aliphatic heterocycles. The third-order valence-corrected chi connectivity index (χ3v) is 3.37. The normalized spacial score (nSPS) is 16.7. The quantitative estimate of drug-likeness (QED) is 0.654. The van der Waals surface area contributed by atoms with E-state index in [1.54, 1.807) is 0 Å². The maximum atomic E-state index is 13.7. The average Bonchev–Trinajstić information content (AvgIpc) is 3.06. The highest BCUT2D eigenvalue weighted by Gasteiger charge is 2.15. The number of nitrogen functional groups attached to an aromatic ring is 1. The van der Waals surface area contributed by atoms with Gasteiger partial charge in [0.25, 0.3) is 0 Å². The molecule has 3 N–H and O–H groups in total. The van der Waals surface area contributed by atoms with Gasteiger partial charge in [0.1, 0.15) is 5.82 Å². The summed E-state index contributed by atoms with van der Waals surface area (Å²) >= 11 is 0. The van der Waals surface area contributed by atoms with E-state index >= 15 is 0 Å². The van der Waals surface area contributed by atoms with Crippen LogP contribution in [0.15, 0.2) is 24.5 Å². The van der Waals surface area contributed by atoms with Crippen LogP contribution < -0.4 is 11.1 Å². The van der Waals surface area contributed by atoms with E-state index in [2.05, 4.69) is 27.1 Å². The van der Waals surface area contributed by atoms with Gasteiger partial charge in [0.15, 0.2) is 5.82 Å². The molecule has 0 saturated carbocycles. The number of aromatic nitrogens is 2. The van der Waals surface area contributed by atoms with Crippen molar-refractivity contribution in [2.24, 2.45) is 0 Å². The second kappa shape index (κ2) is 6.58. The van der Waals surface area contributed by atoms with E-state index in [4.69, 9.17) is 10.5 Å². The number of hydrogen-bond donors (Lipinski definition) is 2. The molecule has 23 heavy (non-hydrogen) atoms. The molecule has 3 rings (SSSR count). The summed E-state index contributed by atoms with van der Waals surface area (Å²) in [6.45, 7) is 1.34. The molecule has 1 unspecified atom stereocenters. The van der Waals surface area contributed by atoms with Gasteiger partial charge in [-0.1, -0.05) is 11.8 Å². The van der Waals surface area contributed by atoms with Crippen LogP contribution >= 0.6 is 0 Å². The van der Waals surface area contributed by atoms with Crippen molar-refractivity contribution in [2.75, 3.05) is 24.3 Å². The molecule has 118 valence electrons. The Hall–Kier alpha value is -2.72. The lowest BCUT2D eigenvalue weighted by atomic mass is 10.1. The van der Waals surface area contributed by atoms with Crippen LogP contribution in [0.1, 0.15) is 17.5 Å². The molecule has 1 atom stereocenters. The SMILES string of the molecule is Nc1ccc(F)c(C#Cc2cnc(NC3CCOC3)nc2)c1F. The van der Waals surface area contributed by atoms with Crippen LogP contribution in [0.3, 0.4) is 0 Å². The molecule has 7 heteroatoms. The first-order valence-corrected chi connectivity index (χ1v) is 7.05. The van der Waals surface area contributed by atoms with E-state index < -0.39 is 11.6 Å². The Morgan fingerprint density at radius 1 is 1.22 bits per heavy atom. The van der Waals surface area contributed by atoms with E-state index in [-0.39, 0.29) is 17.3 Å². The van der Waals surface area contributed by atoms with Gasteiger partial charge in [-0.05, 0) is 18.6 Å². The van der Waals surface area contributed by atoms with Gasteiger partial charge in [-0.3, -0.25) is 0 Å². The topological polar surface area (TPSA) is 73.1 Å². The van der Waals surface area contributed by atoms with Crippen molar-refractivity contribution < 1.29 is 13.5 Å². The second-order valence-electron chi connectivity index (χ2n) is 5.08. The number of nitrogens with zero attached hydrogens (tertiary/aromatic N) is 2. The number of rotatable bonds is 2. The van der Waals surface area contributed by atoms with E-state index in [1.165, 1.54) is 12.4 Å². The first-order valence-electron chi connectivity index (χ1n) is 7.05. The molecular weight excluding hydrogens is 302 g/mol. The first kappa shape index (κ1) is 15.2. The lowest BCUT2D eigenvalue weighted by Gasteiger charge is -2.09. The number of anilines is 2. The highest BCUT2D eigenvalue weighted by atomic mass is 19.1. The third kappa shape index (κ3) is 3.55. The second-order valence-corrected chi connectivity index (χ2v) is 5.08. The summed E-state index contributed by atoms with van der Waals surface area (Å²) in [5, 5.41) is 3.14. The summed E-state index contributed by atoms with van der Waals surface area (Å²) in [6.07, 6.45) is 3.87. The van der Waals surface area contributed by atoms with Crippen LogP contribution in [0.2, 0.25) is 0 Å². The zero-order valence-corrected chi connectivity index (χ0v) is 12.1. The molecule has 0 spiro atoms. The number of benzene rings is 1. The van der Waals surface area contributed by atoms with Crippen LogP contribution in [0.5, 0.6) is 0 Å². The molecule has 0 bridgehead atoms. The number of nitrogens with one attached hydrogen (secondary N) is 1. The van der Waals surface area contributed by atoms with Crippen molar-refractivity contribution in [3.05, 3.63) is 47.3 Å². The summed E-state index contributed by atoms with van der Waals surface area (Å²) in [7, 11) is 0. The van der Waals surface area contributed by atoms with Crippen molar-refractivity contribution in [1.82, 2.24) is 9.97 Å². The maximum absolute atomic E-state index is 13.7. The molecular formula is C16H14F2N4O. The predicted octanol–water partition coefficient (Wildman–Crippen LogP) is 1.94. The smallest absolute Gasteiger partial charge is 0.222 e. The fourth-order valence-corrected chi connectivity index (χ4v) is 2.12. The summed E-state index contributed by atoms with van der Waals surface area (Å²) in [5.41, 5.74) is 5.33. The minimum absolute atomic E-state index is 0.148. The highest BCUT2D eigenvalue weighted by Crippen LogP contribution is 2.17. The standard InChI is InChI=1S/C16H14F2N4O/c17-13-3-4-14(19)15(18)12(13)2-1-10-7-20-16(21-8-10)22-11-5-6-23-9-11/h3-4,7-8,11H,5-6,9,19H2,(H,20,21,22). The number of ether oxygens (including phenoxy) is 1. The molecule has 0 amide bonds. The summed E-state index contributed by atoms with van der Waals surface area (Å²) in [4.78, 5) is 8.25. The largest absolute Gasteiger partial charge is 0.396 e. The Morgan fingerprint density at radius 2 is 2.00 bits per heavy atom. The maximum Gasteiger partial charge on any atom is 0.222 e. The Morgan fingerprint density at radius 3 is 2.70 bits per heavy atom. The number of hydrogen-bond acceptors (Lipinski definition) is 5. The van der Waals surface area contributed by atoms with E-state index in [1.807, 2.05) is 0 Å². The van der Waals surface area contributed by atoms with Crippen molar-refractivity contribution in [3.63, 3.8) is 0 Å². The molecule has 1 aromatic heterocycles.